The van der Waals surface area contributed by atoms with Gasteiger partial charge in [0.2, 0.25) is 0 Å². The van der Waals surface area contributed by atoms with Gasteiger partial charge in [-0.3, -0.25) is 0 Å². The van der Waals surface area contributed by atoms with Crippen LogP contribution < -0.4 is 25.0 Å². The van der Waals surface area contributed by atoms with Crippen molar-refractivity contribution in [3.8, 4) is 11.5 Å². The molecule has 1 aromatic heterocycles. The monoisotopic (exact) mass is 424 g/mol. The lowest BCUT2D eigenvalue weighted by molar-refractivity contribution is 0.262. The van der Waals surface area contributed by atoms with Crippen molar-refractivity contribution >= 4 is 34.1 Å². The summed E-state index contributed by atoms with van der Waals surface area (Å²) >= 11 is 0. The molecule has 0 bridgehead atoms. The number of fused-ring (bicyclic) bond motifs is 1. The van der Waals surface area contributed by atoms with E-state index in [1.807, 2.05) is 12.1 Å². The third kappa shape index (κ3) is 4.63. The summed E-state index contributed by atoms with van der Waals surface area (Å²) in [4.78, 5) is 19.2. The average molecular weight is 424 g/mol. The summed E-state index contributed by atoms with van der Waals surface area (Å²) < 4.78 is 25.2. The van der Waals surface area contributed by atoms with Crippen molar-refractivity contribution in [2.75, 3.05) is 42.8 Å². The Morgan fingerprint density at radius 1 is 1.00 bits per heavy atom. The number of methoxy groups -OCH3 is 2. The number of carbonyl (C=O) groups excluding carboxylic acids is 1. The lowest BCUT2D eigenvalue weighted by Crippen LogP contribution is -2.30. The molecule has 0 radical (unpaired) electrons. The van der Waals surface area contributed by atoms with Gasteiger partial charge < -0.3 is 25.0 Å². The third-order valence-corrected chi connectivity index (χ3v) is 5.33. The Morgan fingerprint density at radius 2 is 1.81 bits per heavy atom. The highest BCUT2D eigenvalue weighted by atomic mass is 19.1. The van der Waals surface area contributed by atoms with Crippen LogP contribution in [0.25, 0.3) is 10.9 Å². The Kier molecular flexibility index (Phi) is 6.06. The Hall–Kier alpha value is -3.55. The van der Waals surface area contributed by atoms with Gasteiger partial charge in [-0.25, -0.2) is 14.2 Å². The van der Waals surface area contributed by atoms with Crippen LogP contribution >= 0.6 is 0 Å². The lowest BCUT2D eigenvalue weighted by atomic mass is 10.1. The molecule has 0 atom stereocenters. The SMILES string of the molecule is COc1ccc(NC(=O)Nc2cc(F)c3nc(N4CCCCC4)ccc3c2)c(OC)c1. The largest absolute Gasteiger partial charge is 0.497 e. The number of ether oxygens (including phenoxy) is 2. The van der Waals surface area contributed by atoms with Crippen LogP contribution in [0.5, 0.6) is 11.5 Å². The number of carbonyl (C=O) groups is 1. The molecular weight excluding hydrogens is 399 g/mol. The zero-order chi connectivity index (χ0) is 21.8. The van der Waals surface area contributed by atoms with Crippen molar-refractivity contribution in [3.63, 3.8) is 0 Å². The smallest absolute Gasteiger partial charge is 0.323 e. The number of nitrogens with one attached hydrogen (secondary N) is 2. The predicted molar refractivity (Wildman–Crippen MR) is 120 cm³/mol. The first-order valence-corrected chi connectivity index (χ1v) is 10.2. The van der Waals surface area contributed by atoms with Crippen LogP contribution in [-0.4, -0.2) is 38.3 Å². The fraction of sp³-hybridized carbons (Fsp3) is 0.304. The highest BCUT2D eigenvalue weighted by Crippen LogP contribution is 2.30. The van der Waals surface area contributed by atoms with E-state index in [9.17, 15) is 9.18 Å². The van der Waals surface area contributed by atoms with E-state index in [0.717, 1.165) is 31.7 Å². The summed E-state index contributed by atoms with van der Waals surface area (Å²) in [6.45, 7) is 1.88. The molecular formula is C23H25FN4O3. The van der Waals surface area contributed by atoms with Crippen LogP contribution in [0.15, 0.2) is 42.5 Å². The highest BCUT2D eigenvalue weighted by molar-refractivity contribution is 6.02. The van der Waals surface area contributed by atoms with E-state index in [0.29, 0.717) is 33.8 Å². The minimum atomic E-state index is -0.514. The first-order chi connectivity index (χ1) is 15.1. The molecule has 0 spiro atoms. The zero-order valence-corrected chi connectivity index (χ0v) is 17.6. The number of amides is 2. The van der Waals surface area contributed by atoms with E-state index >= 15 is 0 Å². The van der Waals surface area contributed by atoms with Crippen molar-refractivity contribution in [2.45, 2.75) is 19.3 Å². The second-order valence-corrected chi connectivity index (χ2v) is 7.39. The van der Waals surface area contributed by atoms with Gasteiger partial charge in [0, 0.05) is 30.2 Å². The molecule has 2 N–H and O–H groups in total. The van der Waals surface area contributed by atoms with Crippen LogP contribution in [0.2, 0.25) is 0 Å². The molecule has 0 saturated carbocycles. The van der Waals surface area contributed by atoms with Gasteiger partial charge in [-0.05, 0) is 55.7 Å². The maximum absolute atomic E-state index is 14.8. The standard InChI is InChI=1S/C23H25FN4O3/c1-30-17-7-8-19(20(14-17)31-2)26-23(29)25-16-12-15-6-9-21(27-22(15)18(24)13-16)28-10-4-3-5-11-28/h6-9,12-14H,3-5,10-11H2,1-2H3,(H2,25,26,29). The molecule has 0 unspecified atom stereocenters. The molecule has 31 heavy (non-hydrogen) atoms. The first kappa shape index (κ1) is 20.7. The second kappa shape index (κ2) is 9.07. The number of anilines is 3. The maximum Gasteiger partial charge on any atom is 0.323 e. The van der Waals surface area contributed by atoms with Gasteiger partial charge >= 0.3 is 6.03 Å². The van der Waals surface area contributed by atoms with E-state index < -0.39 is 11.8 Å². The van der Waals surface area contributed by atoms with E-state index in [4.69, 9.17) is 9.47 Å². The Morgan fingerprint density at radius 3 is 2.55 bits per heavy atom. The van der Waals surface area contributed by atoms with Gasteiger partial charge in [0.25, 0.3) is 0 Å². The quantitative estimate of drug-likeness (QED) is 0.601. The van der Waals surface area contributed by atoms with Crippen molar-refractivity contribution in [1.82, 2.24) is 4.98 Å². The summed E-state index contributed by atoms with van der Waals surface area (Å²) in [5.74, 6) is 1.37. The molecule has 7 nitrogen and oxygen atoms in total. The second-order valence-electron chi connectivity index (χ2n) is 7.39. The normalized spacial score (nSPS) is 13.7. The average Bonchev–Trinajstić information content (AvgIpc) is 2.79. The molecule has 1 aliphatic rings. The predicted octanol–water partition coefficient (Wildman–Crippen LogP) is 5.03. The van der Waals surface area contributed by atoms with E-state index in [-0.39, 0.29) is 0 Å². The fourth-order valence-electron chi connectivity index (χ4n) is 3.74. The summed E-state index contributed by atoms with van der Waals surface area (Å²) in [6, 6.07) is 11.3. The summed E-state index contributed by atoms with van der Waals surface area (Å²) in [7, 11) is 3.05. The van der Waals surface area contributed by atoms with E-state index in [1.165, 1.54) is 19.6 Å². The summed E-state index contributed by atoms with van der Waals surface area (Å²) in [5.41, 5.74) is 1.10. The topological polar surface area (TPSA) is 75.7 Å². The van der Waals surface area contributed by atoms with Gasteiger partial charge in [0.1, 0.15) is 22.8 Å². The number of aromatic nitrogens is 1. The molecule has 0 aliphatic carbocycles. The number of halogens is 1. The third-order valence-electron chi connectivity index (χ3n) is 5.33. The summed E-state index contributed by atoms with van der Waals surface area (Å²) in [5, 5.41) is 6.00. The highest BCUT2D eigenvalue weighted by Gasteiger charge is 2.15. The Balaban J connectivity index is 1.51. The van der Waals surface area contributed by atoms with E-state index in [2.05, 4.69) is 20.5 Å². The van der Waals surface area contributed by atoms with Crippen LogP contribution in [-0.2, 0) is 0 Å². The van der Waals surface area contributed by atoms with Crippen LogP contribution in [0.3, 0.4) is 0 Å². The lowest BCUT2D eigenvalue weighted by Gasteiger charge is -2.27. The molecule has 8 heteroatoms. The van der Waals surface area contributed by atoms with Gasteiger partial charge in [0.05, 0.1) is 19.9 Å². The number of rotatable bonds is 5. The molecule has 3 aromatic rings. The molecule has 2 aromatic carbocycles. The number of pyridine rings is 1. The molecule has 2 heterocycles. The number of nitrogens with zero attached hydrogens (tertiary/aromatic N) is 2. The summed E-state index contributed by atoms with van der Waals surface area (Å²) in [6.07, 6.45) is 3.47. The Labute approximate surface area is 180 Å². The van der Waals surface area contributed by atoms with Crippen LogP contribution in [0.4, 0.5) is 26.4 Å². The number of benzene rings is 2. The number of hydrogen-bond acceptors (Lipinski definition) is 5. The Bertz CT molecular complexity index is 1100. The molecule has 1 fully saturated rings. The van der Waals surface area contributed by atoms with E-state index in [1.54, 1.807) is 31.4 Å². The molecule has 162 valence electrons. The minimum absolute atomic E-state index is 0.297. The van der Waals surface area contributed by atoms with Crippen molar-refractivity contribution in [2.24, 2.45) is 0 Å². The van der Waals surface area contributed by atoms with Crippen molar-refractivity contribution in [1.29, 1.82) is 0 Å². The molecule has 1 saturated heterocycles. The fourth-order valence-corrected chi connectivity index (χ4v) is 3.74. The van der Waals surface area contributed by atoms with Crippen molar-refractivity contribution in [3.05, 3.63) is 48.3 Å². The number of hydrogen-bond donors (Lipinski definition) is 2. The van der Waals surface area contributed by atoms with Crippen LogP contribution in [0.1, 0.15) is 19.3 Å². The molecule has 2 amide bonds. The number of urea groups is 1. The van der Waals surface area contributed by atoms with Crippen LogP contribution in [0, 0.1) is 5.82 Å². The van der Waals surface area contributed by atoms with Gasteiger partial charge in [-0.1, -0.05) is 0 Å². The van der Waals surface area contributed by atoms with Crippen molar-refractivity contribution < 1.29 is 18.7 Å². The minimum Gasteiger partial charge on any atom is -0.497 e. The van der Waals surface area contributed by atoms with Gasteiger partial charge in [-0.2, -0.15) is 0 Å². The number of piperidine rings is 1. The van der Waals surface area contributed by atoms with Gasteiger partial charge in [-0.15, -0.1) is 0 Å². The first-order valence-electron chi connectivity index (χ1n) is 10.2. The molecule has 1 aliphatic heterocycles. The molecule has 4 rings (SSSR count). The van der Waals surface area contributed by atoms with Gasteiger partial charge in [0.15, 0.2) is 5.82 Å². The maximum atomic E-state index is 14.8. The zero-order valence-electron chi connectivity index (χ0n) is 17.6.